The monoisotopic (exact) mass is 302 g/mol. The largest absolute Gasteiger partial charge is 0.497 e. The molecule has 0 N–H and O–H groups in total. The van der Waals surface area contributed by atoms with Gasteiger partial charge in [0.1, 0.15) is 5.75 Å². The zero-order valence-electron chi connectivity index (χ0n) is 12.8. The van der Waals surface area contributed by atoms with Gasteiger partial charge < -0.3 is 9.30 Å². The average Bonchev–Trinajstić information content (AvgIpc) is 2.90. The summed E-state index contributed by atoms with van der Waals surface area (Å²) in [6.45, 7) is 0.733. The van der Waals surface area contributed by atoms with Gasteiger partial charge in [0, 0.05) is 17.4 Å². The van der Waals surface area contributed by atoms with Crippen LogP contribution in [0.1, 0.15) is 5.56 Å². The third-order valence-electron chi connectivity index (χ3n) is 4.24. The molecule has 3 aromatic carbocycles. The van der Waals surface area contributed by atoms with E-state index in [-0.39, 0.29) is 5.75 Å². The predicted molar refractivity (Wildman–Crippen MR) is 91.7 cm³/mol. The SMILES string of the molecule is COc1ccc2c(c1)c1c([O])cccc1n2Cc1ccccc1. The van der Waals surface area contributed by atoms with Gasteiger partial charge in [-0.25, -0.2) is 0 Å². The minimum Gasteiger partial charge on any atom is -0.497 e. The molecule has 3 heteroatoms. The number of hydrogen-bond donors (Lipinski definition) is 0. The third-order valence-corrected chi connectivity index (χ3v) is 4.24. The van der Waals surface area contributed by atoms with Crippen LogP contribution in [0.5, 0.6) is 11.5 Å². The minimum absolute atomic E-state index is 0.0487. The molecular weight excluding hydrogens is 286 g/mol. The summed E-state index contributed by atoms with van der Waals surface area (Å²) >= 11 is 0. The van der Waals surface area contributed by atoms with E-state index in [1.807, 2.05) is 48.5 Å². The molecule has 1 radical (unpaired) electrons. The Morgan fingerprint density at radius 3 is 2.52 bits per heavy atom. The molecule has 113 valence electrons. The van der Waals surface area contributed by atoms with Crippen molar-refractivity contribution in [2.45, 2.75) is 6.54 Å². The van der Waals surface area contributed by atoms with Gasteiger partial charge in [-0.3, -0.25) is 5.11 Å². The van der Waals surface area contributed by atoms with Crippen LogP contribution in [0.25, 0.3) is 21.8 Å². The highest BCUT2D eigenvalue weighted by molar-refractivity contribution is 6.11. The van der Waals surface area contributed by atoms with Crippen molar-refractivity contribution in [2.24, 2.45) is 0 Å². The number of aromatic nitrogens is 1. The number of ether oxygens (including phenoxy) is 1. The number of fused-ring (bicyclic) bond motifs is 3. The Kier molecular flexibility index (Phi) is 3.19. The second-order valence-corrected chi connectivity index (χ2v) is 5.61. The zero-order valence-corrected chi connectivity index (χ0v) is 12.8. The lowest BCUT2D eigenvalue weighted by atomic mass is 10.1. The summed E-state index contributed by atoms with van der Waals surface area (Å²) in [5, 5.41) is 14.1. The topological polar surface area (TPSA) is 34.1 Å². The van der Waals surface area contributed by atoms with Crippen molar-refractivity contribution in [2.75, 3.05) is 7.11 Å². The molecule has 0 saturated carbocycles. The van der Waals surface area contributed by atoms with Gasteiger partial charge in [-0.1, -0.05) is 36.4 Å². The van der Waals surface area contributed by atoms with Gasteiger partial charge in [-0.2, -0.15) is 0 Å². The van der Waals surface area contributed by atoms with Gasteiger partial charge in [0.05, 0.1) is 18.0 Å². The smallest absolute Gasteiger partial charge is 0.188 e. The van der Waals surface area contributed by atoms with Crippen LogP contribution >= 0.6 is 0 Å². The van der Waals surface area contributed by atoms with Crippen molar-refractivity contribution in [1.29, 1.82) is 0 Å². The van der Waals surface area contributed by atoms with E-state index < -0.39 is 0 Å². The summed E-state index contributed by atoms with van der Waals surface area (Å²) in [5.74, 6) is 0.812. The molecule has 0 aliphatic heterocycles. The molecule has 1 heterocycles. The van der Waals surface area contributed by atoms with Gasteiger partial charge in [-0.05, 0) is 35.9 Å². The second-order valence-electron chi connectivity index (χ2n) is 5.61. The summed E-state index contributed by atoms with van der Waals surface area (Å²) in [4.78, 5) is 0. The van der Waals surface area contributed by atoms with Crippen molar-refractivity contribution >= 4 is 21.8 Å². The second kappa shape index (κ2) is 5.36. The zero-order chi connectivity index (χ0) is 15.8. The summed E-state index contributed by atoms with van der Waals surface area (Å²) in [7, 11) is 1.64. The number of hydrogen-bond acceptors (Lipinski definition) is 1. The van der Waals surface area contributed by atoms with Crippen LogP contribution in [0.3, 0.4) is 0 Å². The molecule has 0 saturated heterocycles. The van der Waals surface area contributed by atoms with Crippen molar-refractivity contribution < 1.29 is 9.84 Å². The van der Waals surface area contributed by atoms with E-state index in [1.54, 1.807) is 13.2 Å². The first-order chi connectivity index (χ1) is 11.3. The molecule has 0 fully saturated rings. The highest BCUT2D eigenvalue weighted by Crippen LogP contribution is 2.37. The first-order valence-corrected chi connectivity index (χ1v) is 7.58. The summed E-state index contributed by atoms with van der Waals surface area (Å²) < 4.78 is 7.52. The van der Waals surface area contributed by atoms with Gasteiger partial charge in [0.2, 0.25) is 0 Å². The third kappa shape index (κ3) is 2.21. The van der Waals surface area contributed by atoms with Crippen LogP contribution in [0, 0.1) is 0 Å². The van der Waals surface area contributed by atoms with Crippen molar-refractivity contribution in [3.63, 3.8) is 0 Å². The quantitative estimate of drug-likeness (QED) is 0.524. The van der Waals surface area contributed by atoms with Gasteiger partial charge in [0.25, 0.3) is 0 Å². The molecule has 0 atom stereocenters. The molecular formula is C20H16NO2. The highest BCUT2D eigenvalue weighted by atomic mass is 16.5. The summed E-state index contributed by atoms with van der Waals surface area (Å²) in [5.41, 5.74) is 3.22. The fourth-order valence-corrected chi connectivity index (χ4v) is 3.16. The molecule has 0 amide bonds. The number of rotatable bonds is 3. The Morgan fingerprint density at radius 2 is 1.74 bits per heavy atom. The first kappa shape index (κ1) is 13.7. The molecule has 1 aromatic heterocycles. The summed E-state index contributed by atoms with van der Waals surface area (Å²) in [6, 6.07) is 21.6. The fraction of sp³-hybridized carbons (Fsp3) is 0.100. The maximum atomic E-state index is 12.4. The molecule has 0 bridgehead atoms. The number of benzene rings is 3. The van der Waals surface area contributed by atoms with Gasteiger partial charge >= 0.3 is 0 Å². The molecule has 0 aliphatic carbocycles. The van der Waals surface area contributed by atoms with E-state index >= 15 is 0 Å². The van der Waals surface area contributed by atoms with Crippen LogP contribution in [-0.4, -0.2) is 11.7 Å². The normalized spacial score (nSPS) is 11.2. The van der Waals surface area contributed by atoms with Crippen molar-refractivity contribution in [3.05, 3.63) is 72.3 Å². The Bertz CT molecular complexity index is 987. The first-order valence-electron chi connectivity index (χ1n) is 7.58. The Hall–Kier alpha value is -2.94. The van der Waals surface area contributed by atoms with Crippen molar-refractivity contribution in [3.8, 4) is 11.5 Å². The van der Waals surface area contributed by atoms with E-state index in [4.69, 9.17) is 4.74 Å². The highest BCUT2D eigenvalue weighted by Gasteiger charge is 2.15. The summed E-state index contributed by atoms with van der Waals surface area (Å²) in [6.07, 6.45) is 0. The molecule has 4 rings (SSSR count). The van der Waals surface area contributed by atoms with Crippen LogP contribution in [-0.2, 0) is 11.7 Å². The lowest BCUT2D eigenvalue weighted by molar-refractivity contribution is 0.360. The van der Waals surface area contributed by atoms with Crippen LogP contribution < -0.4 is 4.74 Å². The van der Waals surface area contributed by atoms with E-state index in [9.17, 15) is 5.11 Å². The molecule has 0 unspecified atom stereocenters. The lowest BCUT2D eigenvalue weighted by Gasteiger charge is -2.08. The van der Waals surface area contributed by atoms with E-state index in [2.05, 4.69) is 16.7 Å². The van der Waals surface area contributed by atoms with Gasteiger partial charge in [0.15, 0.2) is 5.75 Å². The Morgan fingerprint density at radius 1 is 0.913 bits per heavy atom. The van der Waals surface area contributed by atoms with Crippen LogP contribution in [0.2, 0.25) is 0 Å². The molecule has 3 nitrogen and oxygen atoms in total. The Balaban J connectivity index is 2.03. The van der Waals surface area contributed by atoms with E-state index in [0.29, 0.717) is 0 Å². The molecule has 0 aliphatic rings. The van der Waals surface area contributed by atoms with E-state index in [1.165, 1.54) is 5.56 Å². The fourth-order valence-electron chi connectivity index (χ4n) is 3.16. The Labute approximate surface area is 134 Å². The van der Waals surface area contributed by atoms with Crippen molar-refractivity contribution in [1.82, 2.24) is 4.57 Å². The standard InChI is InChI=1S/C20H16NO2/c1-23-15-10-11-17-16(12-15)20-18(8-5-9-19(20)22)21(17)13-14-6-3-2-4-7-14/h2-12H,13H2,1H3. The average molecular weight is 302 g/mol. The molecule has 0 spiro atoms. The minimum atomic E-state index is 0.0487. The lowest BCUT2D eigenvalue weighted by Crippen LogP contribution is -1.98. The molecule has 4 aromatic rings. The van der Waals surface area contributed by atoms with E-state index in [0.717, 1.165) is 34.1 Å². The predicted octanol–water partition coefficient (Wildman–Crippen LogP) is 5.00. The number of methoxy groups -OCH3 is 1. The molecule has 23 heavy (non-hydrogen) atoms. The maximum Gasteiger partial charge on any atom is 0.188 e. The van der Waals surface area contributed by atoms with Crippen LogP contribution in [0.15, 0.2) is 66.7 Å². The maximum absolute atomic E-state index is 12.4. The van der Waals surface area contributed by atoms with Gasteiger partial charge in [-0.15, -0.1) is 0 Å². The number of nitrogens with zero attached hydrogens (tertiary/aromatic N) is 1. The van der Waals surface area contributed by atoms with Crippen LogP contribution in [0.4, 0.5) is 0 Å².